The number of aliphatic hydroxyl groups excluding tert-OH is 1. The zero-order chi connectivity index (χ0) is 13.0. The topological polar surface area (TPSA) is 85.2 Å². The van der Waals surface area contributed by atoms with Crippen LogP contribution in [0.25, 0.3) is 0 Å². The largest absolute Gasteiger partial charge is 0.394 e. The van der Waals surface area contributed by atoms with Gasteiger partial charge in [-0.05, 0) is 24.3 Å². The maximum absolute atomic E-state index is 8.87. The number of rotatable bonds is 5. The molecule has 0 aliphatic carbocycles. The Morgan fingerprint density at radius 1 is 1.39 bits per heavy atom. The Kier molecular flexibility index (Phi) is 4.76. The first-order valence-electron chi connectivity index (χ1n) is 5.26. The van der Waals surface area contributed by atoms with Gasteiger partial charge in [0, 0.05) is 9.37 Å². The summed E-state index contributed by atoms with van der Waals surface area (Å²) in [6.45, 7) is -0.207. The molecule has 1 heterocycles. The lowest BCUT2D eigenvalue weighted by Crippen LogP contribution is -2.14. The second-order valence-corrected chi connectivity index (χ2v) is 5.54. The summed E-state index contributed by atoms with van der Waals surface area (Å²) < 4.78 is 6.00. The molecule has 3 N–H and O–H groups in total. The summed E-state index contributed by atoms with van der Waals surface area (Å²) in [6, 6.07) is 7.37. The Morgan fingerprint density at radius 2 is 2.11 bits per heavy atom. The number of nitrogens with two attached hydrogens (primary N) is 1. The summed E-state index contributed by atoms with van der Waals surface area (Å²) in [7, 11) is 0. The van der Waals surface area contributed by atoms with Crippen LogP contribution in [0, 0.1) is 0 Å². The number of halogens is 1. The highest BCUT2D eigenvalue weighted by Gasteiger charge is 2.13. The van der Waals surface area contributed by atoms with Crippen LogP contribution in [0.4, 0.5) is 0 Å². The van der Waals surface area contributed by atoms with E-state index in [-0.39, 0.29) is 12.5 Å². The maximum atomic E-state index is 8.87. The van der Waals surface area contributed by atoms with Crippen LogP contribution < -0.4 is 5.73 Å². The third-order valence-electron chi connectivity index (χ3n) is 2.18. The van der Waals surface area contributed by atoms with Crippen LogP contribution in [0.15, 0.2) is 38.2 Å². The number of aromatic nitrogens is 2. The average Bonchev–Trinajstić information content (AvgIpc) is 2.86. The first-order valence-corrected chi connectivity index (χ1v) is 7.04. The van der Waals surface area contributed by atoms with E-state index in [4.69, 9.17) is 15.4 Å². The molecule has 2 aromatic rings. The molecule has 7 heteroatoms. The van der Waals surface area contributed by atoms with Gasteiger partial charge >= 0.3 is 0 Å². The van der Waals surface area contributed by atoms with E-state index < -0.39 is 6.04 Å². The Bertz CT molecular complexity index is 503. The highest BCUT2D eigenvalue weighted by atomic mass is 79.9. The molecule has 2 rings (SSSR count). The minimum Gasteiger partial charge on any atom is -0.394 e. The van der Waals surface area contributed by atoms with Crippen molar-refractivity contribution in [2.75, 3.05) is 6.61 Å². The molecule has 1 unspecified atom stereocenters. The van der Waals surface area contributed by atoms with Crippen molar-refractivity contribution < 1.29 is 9.63 Å². The van der Waals surface area contributed by atoms with Crippen LogP contribution >= 0.6 is 27.7 Å². The third-order valence-corrected chi connectivity index (χ3v) is 3.72. The van der Waals surface area contributed by atoms with Gasteiger partial charge in [0.15, 0.2) is 5.82 Å². The van der Waals surface area contributed by atoms with Crippen LogP contribution in [0.2, 0.25) is 0 Å². The van der Waals surface area contributed by atoms with E-state index in [0.29, 0.717) is 11.6 Å². The highest BCUT2D eigenvalue weighted by molar-refractivity contribution is 9.10. The van der Waals surface area contributed by atoms with E-state index in [9.17, 15) is 0 Å². The van der Waals surface area contributed by atoms with Crippen molar-refractivity contribution >= 4 is 27.7 Å². The van der Waals surface area contributed by atoms with Crippen molar-refractivity contribution in [1.29, 1.82) is 0 Å². The average molecular weight is 330 g/mol. The Labute approximate surface area is 117 Å². The third kappa shape index (κ3) is 3.55. The van der Waals surface area contributed by atoms with Crippen LogP contribution in [-0.2, 0) is 5.75 Å². The fourth-order valence-electron chi connectivity index (χ4n) is 1.23. The van der Waals surface area contributed by atoms with Gasteiger partial charge in [0.05, 0.1) is 12.4 Å². The lowest BCUT2D eigenvalue weighted by molar-refractivity contribution is 0.236. The predicted octanol–water partition coefficient (Wildman–Crippen LogP) is 2.12. The van der Waals surface area contributed by atoms with Gasteiger partial charge in [0.1, 0.15) is 6.04 Å². The van der Waals surface area contributed by atoms with Gasteiger partial charge in [-0.1, -0.05) is 21.1 Å². The molecule has 0 fully saturated rings. The van der Waals surface area contributed by atoms with E-state index in [1.54, 1.807) is 11.8 Å². The molecule has 0 aliphatic rings. The molecular weight excluding hydrogens is 318 g/mol. The summed E-state index contributed by atoms with van der Waals surface area (Å²) in [5, 5.41) is 12.7. The summed E-state index contributed by atoms with van der Waals surface area (Å²) in [5.41, 5.74) is 5.57. The maximum Gasteiger partial charge on any atom is 0.245 e. The van der Waals surface area contributed by atoms with Crippen LogP contribution in [0.1, 0.15) is 17.8 Å². The first kappa shape index (κ1) is 13.5. The summed E-state index contributed by atoms with van der Waals surface area (Å²) in [6.07, 6.45) is 0. The Morgan fingerprint density at radius 3 is 2.78 bits per heavy atom. The lowest BCUT2D eigenvalue weighted by atomic mass is 10.3. The van der Waals surface area contributed by atoms with E-state index >= 15 is 0 Å². The zero-order valence-electron chi connectivity index (χ0n) is 9.41. The molecule has 0 saturated carbocycles. The molecule has 18 heavy (non-hydrogen) atoms. The van der Waals surface area contributed by atoms with Gasteiger partial charge in [-0.3, -0.25) is 0 Å². The number of aliphatic hydroxyl groups is 1. The molecule has 1 aromatic heterocycles. The minimum atomic E-state index is -0.607. The minimum absolute atomic E-state index is 0.207. The number of nitrogens with zero attached hydrogens (tertiary/aromatic N) is 2. The summed E-state index contributed by atoms with van der Waals surface area (Å²) in [5.74, 6) is 1.44. The molecule has 0 bridgehead atoms. The Balaban J connectivity index is 1.94. The molecule has 0 aliphatic heterocycles. The molecule has 96 valence electrons. The van der Waals surface area contributed by atoms with Gasteiger partial charge in [-0.25, -0.2) is 0 Å². The molecule has 1 atom stereocenters. The van der Waals surface area contributed by atoms with Crippen molar-refractivity contribution in [3.63, 3.8) is 0 Å². The van der Waals surface area contributed by atoms with Gasteiger partial charge in [-0.2, -0.15) is 4.98 Å². The van der Waals surface area contributed by atoms with Crippen molar-refractivity contribution in [3.8, 4) is 0 Å². The van der Waals surface area contributed by atoms with Crippen molar-refractivity contribution in [2.45, 2.75) is 16.7 Å². The summed E-state index contributed by atoms with van der Waals surface area (Å²) in [4.78, 5) is 5.24. The van der Waals surface area contributed by atoms with Crippen molar-refractivity contribution in [1.82, 2.24) is 10.1 Å². The van der Waals surface area contributed by atoms with E-state index in [1.807, 2.05) is 24.3 Å². The second kappa shape index (κ2) is 6.33. The molecule has 5 nitrogen and oxygen atoms in total. The van der Waals surface area contributed by atoms with Gasteiger partial charge in [-0.15, -0.1) is 11.8 Å². The normalized spacial score (nSPS) is 12.6. The fraction of sp³-hybridized carbons (Fsp3) is 0.273. The molecule has 0 saturated heterocycles. The number of hydrogen-bond donors (Lipinski definition) is 2. The monoisotopic (exact) mass is 329 g/mol. The van der Waals surface area contributed by atoms with Gasteiger partial charge in [0.25, 0.3) is 0 Å². The molecule has 1 aromatic carbocycles. The number of thioether (sulfide) groups is 1. The van der Waals surface area contributed by atoms with Gasteiger partial charge in [0.2, 0.25) is 5.89 Å². The number of hydrogen-bond acceptors (Lipinski definition) is 6. The standard InChI is InChI=1S/C11H12BrN3O2S/c12-7-1-3-8(4-2-7)18-6-10-14-11(17-15-10)9(13)5-16/h1-4,9,16H,5-6,13H2. The molecule has 0 spiro atoms. The predicted molar refractivity (Wildman–Crippen MR) is 72.0 cm³/mol. The second-order valence-electron chi connectivity index (χ2n) is 3.58. The highest BCUT2D eigenvalue weighted by Crippen LogP contribution is 2.23. The van der Waals surface area contributed by atoms with Crippen LogP contribution in [0.5, 0.6) is 0 Å². The van der Waals surface area contributed by atoms with Gasteiger partial charge < -0.3 is 15.4 Å². The van der Waals surface area contributed by atoms with Crippen molar-refractivity contribution in [3.05, 3.63) is 40.5 Å². The summed E-state index contributed by atoms with van der Waals surface area (Å²) >= 11 is 4.99. The smallest absolute Gasteiger partial charge is 0.245 e. The first-order chi connectivity index (χ1) is 8.69. The van der Waals surface area contributed by atoms with E-state index in [0.717, 1.165) is 9.37 Å². The van der Waals surface area contributed by atoms with Crippen molar-refractivity contribution in [2.24, 2.45) is 5.73 Å². The molecular formula is C11H12BrN3O2S. The zero-order valence-corrected chi connectivity index (χ0v) is 11.8. The number of benzene rings is 1. The van der Waals surface area contributed by atoms with Crippen LogP contribution in [0.3, 0.4) is 0 Å². The van der Waals surface area contributed by atoms with Crippen LogP contribution in [-0.4, -0.2) is 21.9 Å². The Hall–Kier alpha value is -0.890. The fourth-order valence-corrected chi connectivity index (χ4v) is 2.24. The van der Waals surface area contributed by atoms with E-state index in [1.165, 1.54) is 0 Å². The van der Waals surface area contributed by atoms with E-state index in [2.05, 4.69) is 26.1 Å². The lowest BCUT2D eigenvalue weighted by Gasteiger charge is -1.99. The quantitative estimate of drug-likeness (QED) is 0.817. The SMILES string of the molecule is NC(CO)c1nc(CSc2ccc(Br)cc2)no1. The molecule has 0 amide bonds. The molecule has 0 radical (unpaired) electrons.